The molecule has 0 radical (unpaired) electrons. The second kappa shape index (κ2) is 8.43. The summed E-state index contributed by atoms with van der Waals surface area (Å²) < 4.78 is 4.96. The second-order valence-electron chi connectivity index (χ2n) is 4.88. The molecular formula is C15H22O5. The number of hydrogen-bond donors (Lipinski definition) is 3. The van der Waals surface area contributed by atoms with E-state index in [0.29, 0.717) is 25.7 Å². The summed E-state index contributed by atoms with van der Waals surface area (Å²) in [7, 11) is 0. The number of esters is 1. The van der Waals surface area contributed by atoms with Gasteiger partial charge in [-0.1, -0.05) is 6.07 Å². The number of aryl methyl sites for hydroxylation is 1. The molecule has 5 nitrogen and oxygen atoms in total. The first-order valence-electron chi connectivity index (χ1n) is 6.83. The number of carbonyl (C=O) groups excluding carboxylic acids is 1. The summed E-state index contributed by atoms with van der Waals surface area (Å²) in [6.07, 6.45) is 2.40. The first-order chi connectivity index (χ1) is 9.49. The molecule has 1 rings (SSSR count). The molecule has 0 heterocycles. The number of rotatable bonds is 8. The summed E-state index contributed by atoms with van der Waals surface area (Å²) >= 11 is 0. The van der Waals surface area contributed by atoms with E-state index in [1.165, 1.54) is 12.1 Å². The molecule has 1 unspecified atom stereocenters. The van der Waals surface area contributed by atoms with Gasteiger partial charge in [-0.05, 0) is 37.8 Å². The van der Waals surface area contributed by atoms with Crippen molar-refractivity contribution in [1.29, 1.82) is 0 Å². The minimum atomic E-state index is -0.458. The van der Waals surface area contributed by atoms with Crippen LogP contribution in [0.2, 0.25) is 0 Å². The highest BCUT2D eigenvalue weighted by Gasteiger charge is 2.06. The van der Waals surface area contributed by atoms with Gasteiger partial charge in [0.1, 0.15) is 11.5 Å². The molecule has 1 aromatic rings. The fourth-order valence-corrected chi connectivity index (χ4v) is 1.76. The number of ether oxygens (including phenoxy) is 1. The summed E-state index contributed by atoms with van der Waals surface area (Å²) in [6, 6.07) is 4.50. The van der Waals surface area contributed by atoms with Gasteiger partial charge in [0, 0.05) is 18.9 Å². The maximum Gasteiger partial charge on any atom is 0.305 e. The standard InChI is InChI=1S/C15H22O5/c1-11(16)8-9-20-15(19)5-3-2-4-12-6-7-13(17)10-14(12)18/h6-7,10-11,16-18H,2-5,8-9H2,1H3. The van der Waals surface area contributed by atoms with E-state index >= 15 is 0 Å². The van der Waals surface area contributed by atoms with Crippen LogP contribution in [0.1, 0.15) is 38.2 Å². The fourth-order valence-electron chi connectivity index (χ4n) is 1.76. The van der Waals surface area contributed by atoms with Crippen LogP contribution in [0.3, 0.4) is 0 Å². The van der Waals surface area contributed by atoms with Gasteiger partial charge in [-0.15, -0.1) is 0 Å². The molecule has 0 amide bonds. The number of carbonyl (C=O) groups is 1. The van der Waals surface area contributed by atoms with Crippen molar-refractivity contribution in [2.75, 3.05) is 6.61 Å². The number of aromatic hydroxyl groups is 2. The largest absolute Gasteiger partial charge is 0.508 e. The molecule has 20 heavy (non-hydrogen) atoms. The van der Waals surface area contributed by atoms with E-state index in [4.69, 9.17) is 14.9 Å². The summed E-state index contributed by atoms with van der Waals surface area (Å²) in [5, 5.41) is 27.8. The highest BCUT2D eigenvalue weighted by atomic mass is 16.5. The fraction of sp³-hybridized carbons (Fsp3) is 0.533. The van der Waals surface area contributed by atoms with Gasteiger partial charge >= 0.3 is 5.97 Å². The van der Waals surface area contributed by atoms with Crippen LogP contribution in [-0.2, 0) is 16.0 Å². The van der Waals surface area contributed by atoms with E-state index in [2.05, 4.69) is 0 Å². The van der Waals surface area contributed by atoms with E-state index < -0.39 is 6.10 Å². The van der Waals surface area contributed by atoms with Crippen LogP contribution in [0.25, 0.3) is 0 Å². The highest BCUT2D eigenvalue weighted by Crippen LogP contribution is 2.24. The quantitative estimate of drug-likeness (QED) is 0.502. The average molecular weight is 282 g/mol. The van der Waals surface area contributed by atoms with Gasteiger partial charge in [-0.3, -0.25) is 4.79 Å². The lowest BCUT2D eigenvalue weighted by Crippen LogP contribution is -2.10. The van der Waals surface area contributed by atoms with Gasteiger partial charge in [-0.2, -0.15) is 0 Å². The average Bonchev–Trinajstić information content (AvgIpc) is 2.36. The molecule has 0 spiro atoms. The van der Waals surface area contributed by atoms with Crippen LogP contribution in [-0.4, -0.2) is 34.0 Å². The lowest BCUT2D eigenvalue weighted by molar-refractivity contribution is -0.144. The predicted octanol–water partition coefficient (Wildman–Crippen LogP) is 2.12. The molecule has 3 N–H and O–H groups in total. The maximum absolute atomic E-state index is 11.4. The Morgan fingerprint density at radius 1 is 1.30 bits per heavy atom. The summed E-state index contributed by atoms with van der Waals surface area (Å²) in [5.74, 6) is -0.155. The van der Waals surface area contributed by atoms with Crippen molar-refractivity contribution in [3.05, 3.63) is 23.8 Å². The molecule has 1 atom stereocenters. The molecule has 0 aromatic heterocycles. The van der Waals surface area contributed by atoms with Crippen LogP contribution in [0.5, 0.6) is 11.5 Å². The van der Waals surface area contributed by atoms with Crippen molar-refractivity contribution >= 4 is 5.97 Å². The van der Waals surface area contributed by atoms with Crippen molar-refractivity contribution in [3.8, 4) is 11.5 Å². The third kappa shape index (κ3) is 6.43. The van der Waals surface area contributed by atoms with Gasteiger partial charge < -0.3 is 20.1 Å². The molecule has 0 bridgehead atoms. The number of aliphatic hydroxyl groups is 1. The second-order valence-corrected chi connectivity index (χ2v) is 4.88. The third-order valence-electron chi connectivity index (χ3n) is 2.94. The Labute approximate surface area is 118 Å². The number of hydrogen-bond acceptors (Lipinski definition) is 5. The number of phenolic OH excluding ortho intramolecular Hbond substituents is 2. The van der Waals surface area contributed by atoms with E-state index in [9.17, 15) is 9.90 Å². The molecule has 0 saturated carbocycles. The third-order valence-corrected chi connectivity index (χ3v) is 2.94. The molecule has 1 aromatic carbocycles. The maximum atomic E-state index is 11.4. The number of aliphatic hydroxyl groups excluding tert-OH is 1. The Bertz CT molecular complexity index is 428. The topological polar surface area (TPSA) is 87.0 Å². The molecule has 0 aliphatic heterocycles. The van der Waals surface area contributed by atoms with E-state index in [1.807, 2.05) is 0 Å². The Hall–Kier alpha value is -1.75. The smallest absolute Gasteiger partial charge is 0.305 e. The van der Waals surface area contributed by atoms with Crippen molar-refractivity contribution in [3.63, 3.8) is 0 Å². The summed E-state index contributed by atoms with van der Waals surface area (Å²) in [5.41, 5.74) is 0.755. The molecule has 112 valence electrons. The predicted molar refractivity (Wildman–Crippen MR) is 74.6 cm³/mol. The van der Waals surface area contributed by atoms with E-state index in [0.717, 1.165) is 12.0 Å². The molecule has 5 heteroatoms. The molecule has 0 aliphatic carbocycles. The van der Waals surface area contributed by atoms with Gasteiger partial charge in [0.2, 0.25) is 0 Å². The molecule has 0 aliphatic rings. The van der Waals surface area contributed by atoms with Crippen molar-refractivity contribution in [2.24, 2.45) is 0 Å². The normalized spacial score (nSPS) is 12.1. The van der Waals surface area contributed by atoms with Crippen molar-refractivity contribution < 1.29 is 24.9 Å². The Balaban J connectivity index is 2.16. The van der Waals surface area contributed by atoms with Gasteiger partial charge in [0.15, 0.2) is 0 Å². The summed E-state index contributed by atoms with van der Waals surface area (Å²) in [4.78, 5) is 11.4. The molecular weight excluding hydrogens is 260 g/mol. The number of phenols is 2. The van der Waals surface area contributed by atoms with Crippen molar-refractivity contribution in [2.45, 2.75) is 45.1 Å². The van der Waals surface area contributed by atoms with Crippen LogP contribution >= 0.6 is 0 Å². The zero-order valence-corrected chi connectivity index (χ0v) is 11.7. The van der Waals surface area contributed by atoms with E-state index in [-0.39, 0.29) is 24.1 Å². The zero-order chi connectivity index (χ0) is 15.0. The zero-order valence-electron chi connectivity index (χ0n) is 11.7. The van der Waals surface area contributed by atoms with Gasteiger partial charge in [-0.25, -0.2) is 0 Å². The highest BCUT2D eigenvalue weighted by molar-refractivity contribution is 5.69. The number of benzene rings is 1. The Morgan fingerprint density at radius 2 is 2.05 bits per heavy atom. The SMILES string of the molecule is CC(O)CCOC(=O)CCCCc1ccc(O)cc1O. The molecule has 0 saturated heterocycles. The van der Waals surface area contributed by atoms with Crippen LogP contribution in [0.15, 0.2) is 18.2 Å². The van der Waals surface area contributed by atoms with E-state index in [1.54, 1.807) is 13.0 Å². The monoisotopic (exact) mass is 282 g/mol. The van der Waals surface area contributed by atoms with Crippen molar-refractivity contribution in [1.82, 2.24) is 0 Å². The number of unbranched alkanes of at least 4 members (excludes halogenated alkanes) is 1. The first-order valence-corrected chi connectivity index (χ1v) is 6.83. The van der Waals surface area contributed by atoms with Gasteiger partial charge in [0.05, 0.1) is 12.7 Å². The van der Waals surface area contributed by atoms with Crippen LogP contribution in [0.4, 0.5) is 0 Å². The minimum absolute atomic E-state index is 0.0351. The van der Waals surface area contributed by atoms with Crippen LogP contribution in [0, 0.1) is 0 Å². The lowest BCUT2D eigenvalue weighted by Gasteiger charge is -2.07. The summed E-state index contributed by atoms with van der Waals surface area (Å²) in [6.45, 7) is 1.90. The Morgan fingerprint density at radius 3 is 2.70 bits per heavy atom. The Kier molecular flexibility index (Phi) is 6.87. The molecule has 0 fully saturated rings. The lowest BCUT2D eigenvalue weighted by atomic mass is 10.1. The minimum Gasteiger partial charge on any atom is -0.508 e. The van der Waals surface area contributed by atoms with Crippen LogP contribution < -0.4 is 0 Å². The van der Waals surface area contributed by atoms with Gasteiger partial charge in [0.25, 0.3) is 0 Å². The first kappa shape index (κ1) is 16.3.